The monoisotopic (exact) mass is 329 g/mol. The van der Waals surface area contributed by atoms with Crippen LogP contribution in [-0.4, -0.2) is 24.2 Å². The van der Waals surface area contributed by atoms with Crippen molar-refractivity contribution in [1.82, 2.24) is 4.90 Å². The lowest BCUT2D eigenvalue weighted by atomic mass is 9.86. The van der Waals surface area contributed by atoms with Gasteiger partial charge in [-0.3, -0.25) is 4.79 Å². The lowest BCUT2D eigenvalue weighted by Gasteiger charge is -2.25. The highest BCUT2D eigenvalue weighted by atomic mass is 19.4. The molecule has 1 saturated carbocycles. The van der Waals surface area contributed by atoms with Crippen LogP contribution in [0.15, 0.2) is 24.3 Å². The number of hydrogen-bond acceptors (Lipinski definition) is 2. The van der Waals surface area contributed by atoms with E-state index in [0.717, 1.165) is 25.7 Å². The van der Waals surface area contributed by atoms with Crippen LogP contribution in [0, 0.1) is 5.92 Å². The number of alkyl halides is 3. The van der Waals surface area contributed by atoms with Crippen LogP contribution in [0.25, 0.3) is 0 Å². The van der Waals surface area contributed by atoms with Crippen LogP contribution in [0.5, 0.6) is 5.75 Å². The second-order valence-electron chi connectivity index (χ2n) is 6.11. The van der Waals surface area contributed by atoms with Crippen molar-refractivity contribution in [3.05, 3.63) is 29.8 Å². The molecule has 0 bridgehead atoms. The van der Waals surface area contributed by atoms with Gasteiger partial charge in [-0.15, -0.1) is 13.2 Å². The van der Waals surface area contributed by atoms with E-state index < -0.39 is 6.36 Å². The standard InChI is InChI=1S/C17H22F3NO2/c1-21(16(22)11-13-7-3-2-4-8-13)12-14-9-5-6-10-15(14)23-17(18,19)20/h5-6,9-10,13H,2-4,7-8,11-12H2,1H3. The topological polar surface area (TPSA) is 29.5 Å². The number of benzene rings is 1. The minimum Gasteiger partial charge on any atom is -0.405 e. The summed E-state index contributed by atoms with van der Waals surface area (Å²) in [5.41, 5.74) is 0.351. The van der Waals surface area contributed by atoms with E-state index in [1.165, 1.54) is 23.5 Å². The van der Waals surface area contributed by atoms with Gasteiger partial charge < -0.3 is 9.64 Å². The lowest BCUT2D eigenvalue weighted by Crippen LogP contribution is -2.29. The van der Waals surface area contributed by atoms with E-state index in [4.69, 9.17) is 0 Å². The van der Waals surface area contributed by atoms with Crippen LogP contribution in [-0.2, 0) is 11.3 Å². The van der Waals surface area contributed by atoms with E-state index in [-0.39, 0.29) is 18.2 Å². The summed E-state index contributed by atoms with van der Waals surface area (Å²) in [4.78, 5) is 13.8. The van der Waals surface area contributed by atoms with Crippen molar-refractivity contribution in [3.63, 3.8) is 0 Å². The minimum atomic E-state index is -4.74. The first kappa shape index (κ1) is 17.6. The summed E-state index contributed by atoms with van der Waals surface area (Å²) in [6, 6.07) is 5.93. The van der Waals surface area contributed by atoms with Crippen LogP contribution in [0.2, 0.25) is 0 Å². The highest BCUT2D eigenvalue weighted by Crippen LogP contribution is 2.29. The lowest BCUT2D eigenvalue weighted by molar-refractivity contribution is -0.275. The molecule has 0 spiro atoms. The van der Waals surface area contributed by atoms with Gasteiger partial charge >= 0.3 is 6.36 Å². The van der Waals surface area contributed by atoms with Crippen LogP contribution in [0.4, 0.5) is 13.2 Å². The van der Waals surface area contributed by atoms with Crippen molar-refractivity contribution in [2.24, 2.45) is 5.92 Å². The molecular weight excluding hydrogens is 307 g/mol. The Morgan fingerprint density at radius 1 is 1.22 bits per heavy atom. The number of hydrogen-bond donors (Lipinski definition) is 0. The highest BCUT2D eigenvalue weighted by Gasteiger charge is 2.32. The molecule has 1 aliphatic rings. The normalized spacial score (nSPS) is 16.2. The van der Waals surface area contributed by atoms with Crippen LogP contribution in [0.1, 0.15) is 44.1 Å². The van der Waals surface area contributed by atoms with Gasteiger partial charge in [-0.25, -0.2) is 0 Å². The maximum Gasteiger partial charge on any atom is 0.573 e. The molecule has 1 aromatic carbocycles. The van der Waals surface area contributed by atoms with Crippen molar-refractivity contribution in [2.75, 3.05) is 7.05 Å². The van der Waals surface area contributed by atoms with Crippen molar-refractivity contribution in [1.29, 1.82) is 0 Å². The molecule has 128 valence electrons. The summed E-state index contributed by atoms with van der Waals surface area (Å²) in [6.07, 6.45) is 1.40. The second kappa shape index (κ2) is 7.70. The van der Waals surface area contributed by atoms with Crippen LogP contribution < -0.4 is 4.74 Å². The summed E-state index contributed by atoms with van der Waals surface area (Å²) in [5.74, 6) is 0.122. The molecule has 0 saturated heterocycles. The Kier molecular flexibility index (Phi) is 5.91. The Labute approximate surface area is 134 Å². The molecule has 0 unspecified atom stereocenters. The van der Waals surface area contributed by atoms with E-state index in [0.29, 0.717) is 17.9 Å². The molecule has 2 rings (SSSR count). The molecule has 6 heteroatoms. The van der Waals surface area contributed by atoms with E-state index >= 15 is 0 Å². The molecule has 0 radical (unpaired) electrons. The van der Waals surface area contributed by atoms with Gasteiger partial charge in [0.2, 0.25) is 5.91 Å². The zero-order chi connectivity index (χ0) is 16.9. The zero-order valence-corrected chi connectivity index (χ0v) is 13.2. The van der Waals surface area contributed by atoms with Gasteiger partial charge in [-0.05, 0) is 24.8 Å². The van der Waals surface area contributed by atoms with E-state index in [1.54, 1.807) is 19.2 Å². The third-order valence-electron chi connectivity index (χ3n) is 4.22. The maximum atomic E-state index is 12.4. The number of ether oxygens (including phenoxy) is 1. The molecule has 0 aromatic heterocycles. The second-order valence-corrected chi connectivity index (χ2v) is 6.11. The molecule has 1 aliphatic carbocycles. The van der Waals surface area contributed by atoms with E-state index in [9.17, 15) is 18.0 Å². The molecule has 1 aromatic rings. The first-order chi connectivity index (χ1) is 10.8. The number of nitrogens with zero attached hydrogens (tertiary/aromatic N) is 1. The quantitative estimate of drug-likeness (QED) is 0.795. The van der Waals surface area contributed by atoms with E-state index in [1.807, 2.05) is 0 Å². The van der Waals surface area contributed by atoms with Gasteiger partial charge in [0.1, 0.15) is 5.75 Å². The largest absolute Gasteiger partial charge is 0.573 e. The maximum absolute atomic E-state index is 12.4. The summed E-state index contributed by atoms with van der Waals surface area (Å²) < 4.78 is 41.3. The summed E-state index contributed by atoms with van der Waals surface area (Å²) in [5, 5.41) is 0. The number of halogens is 3. The van der Waals surface area contributed by atoms with Gasteiger partial charge in [0.15, 0.2) is 0 Å². The first-order valence-corrected chi connectivity index (χ1v) is 7.93. The van der Waals surface area contributed by atoms with E-state index in [2.05, 4.69) is 4.74 Å². The summed E-state index contributed by atoms with van der Waals surface area (Å²) in [6.45, 7) is 0.109. The van der Waals surface area contributed by atoms with Gasteiger partial charge in [0.05, 0.1) is 0 Å². The zero-order valence-electron chi connectivity index (χ0n) is 13.2. The Morgan fingerprint density at radius 2 is 1.87 bits per heavy atom. The van der Waals surface area contributed by atoms with Gasteiger partial charge in [0.25, 0.3) is 0 Å². The smallest absolute Gasteiger partial charge is 0.405 e. The molecular formula is C17H22F3NO2. The SMILES string of the molecule is CN(Cc1ccccc1OC(F)(F)F)C(=O)CC1CCCCC1. The Bertz CT molecular complexity index is 525. The molecule has 0 N–H and O–H groups in total. The first-order valence-electron chi connectivity index (χ1n) is 7.93. The fourth-order valence-corrected chi connectivity index (χ4v) is 3.00. The number of carbonyl (C=O) groups is 1. The minimum absolute atomic E-state index is 0.0290. The van der Waals surface area contributed by atoms with Crippen molar-refractivity contribution in [2.45, 2.75) is 51.4 Å². The summed E-state index contributed by atoms with van der Waals surface area (Å²) in [7, 11) is 1.62. The third-order valence-corrected chi connectivity index (χ3v) is 4.22. The summed E-state index contributed by atoms with van der Waals surface area (Å²) >= 11 is 0. The Balaban J connectivity index is 1.96. The highest BCUT2D eigenvalue weighted by molar-refractivity contribution is 5.76. The average molecular weight is 329 g/mol. The van der Waals surface area contributed by atoms with Gasteiger partial charge in [0, 0.05) is 25.6 Å². The number of amides is 1. The molecule has 0 heterocycles. The van der Waals surface area contributed by atoms with Crippen molar-refractivity contribution < 1.29 is 22.7 Å². The molecule has 3 nitrogen and oxygen atoms in total. The number of para-hydroxylation sites is 1. The van der Waals surface area contributed by atoms with Gasteiger partial charge in [-0.1, -0.05) is 37.5 Å². The third kappa shape index (κ3) is 5.77. The van der Waals surface area contributed by atoms with Gasteiger partial charge in [-0.2, -0.15) is 0 Å². The van der Waals surface area contributed by atoms with Crippen molar-refractivity contribution in [3.8, 4) is 5.75 Å². The fraction of sp³-hybridized carbons (Fsp3) is 0.588. The van der Waals surface area contributed by atoms with Crippen LogP contribution in [0.3, 0.4) is 0 Å². The molecule has 0 aliphatic heterocycles. The molecule has 1 amide bonds. The van der Waals surface area contributed by atoms with Crippen LogP contribution >= 0.6 is 0 Å². The molecule has 0 atom stereocenters. The number of carbonyl (C=O) groups excluding carboxylic acids is 1. The average Bonchev–Trinajstić information content (AvgIpc) is 2.48. The predicted molar refractivity (Wildman–Crippen MR) is 80.8 cm³/mol. The number of rotatable bonds is 5. The molecule has 23 heavy (non-hydrogen) atoms. The fourth-order valence-electron chi connectivity index (χ4n) is 3.00. The van der Waals surface area contributed by atoms with Crippen molar-refractivity contribution >= 4 is 5.91 Å². The predicted octanol–water partition coefficient (Wildman–Crippen LogP) is 4.51. The Hall–Kier alpha value is -1.72. The Morgan fingerprint density at radius 3 is 2.52 bits per heavy atom. The molecule has 1 fully saturated rings.